The molecule has 0 aromatic rings. The zero-order chi connectivity index (χ0) is 7.40. The van der Waals surface area contributed by atoms with Crippen molar-refractivity contribution in [1.82, 2.24) is 0 Å². The molecule has 0 bridgehead atoms. The van der Waals surface area contributed by atoms with Gasteiger partial charge in [0.25, 0.3) is 0 Å². The van der Waals surface area contributed by atoms with Crippen LogP contribution in [-0.4, -0.2) is 25.5 Å². The van der Waals surface area contributed by atoms with Crippen LogP contribution in [0.1, 0.15) is 6.42 Å². The maximum atomic E-state index is 5.57. The molecule has 0 radical (unpaired) electrons. The Morgan fingerprint density at radius 2 is 2.20 bits per heavy atom. The largest absolute Gasteiger partial charge is 0.350 e. The Morgan fingerprint density at radius 1 is 1.60 bits per heavy atom. The average molecular weight is 143 g/mol. The Bertz CT molecular complexity index is 110. The summed E-state index contributed by atoms with van der Waals surface area (Å²) in [5.41, 5.74) is 5.57. The minimum Gasteiger partial charge on any atom is -0.350 e. The number of hydrogen-bond acceptors (Lipinski definition) is 3. The monoisotopic (exact) mass is 143 g/mol. The molecule has 1 unspecified atom stereocenters. The van der Waals surface area contributed by atoms with Gasteiger partial charge in [-0.25, -0.2) is 0 Å². The van der Waals surface area contributed by atoms with Crippen molar-refractivity contribution in [1.29, 1.82) is 0 Å². The SMILES string of the molecule is C=CC(N)CC1OCCO1. The predicted octanol–water partition coefficient (Wildman–Crippen LogP) is 0.263. The molecule has 58 valence electrons. The van der Waals surface area contributed by atoms with Gasteiger partial charge in [0.05, 0.1) is 13.2 Å². The van der Waals surface area contributed by atoms with Crippen molar-refractivity contribution in [2.24, 2.45) is 5.73 Å². The molecule has 0 spiro atoms. The minimum absolute atomic E-state index is 0.0110. The molecule has 0 aromatic carbocycles. The first-order valence-corrected chi connectivity index (χ1v) is 3.44. The van der Waals surface area contributed by atoms with Crippen LogP contribution in [0.4, 0.5) is 0 Å². The van der Waals surface area contributed by atoms with Crippen LogP contribution in [0.2, 0.25) is 0 Å². The summed E-state index contributed by atoms with van der Waals surface area (Å²) in [7, 11) is 0. The van der Waals surface area contributed by atoms with Crippen LogP contribution in [0.5, 0.6) is 0 Å². The third-order valence-electron chi connectivity index (χ3n) is 1.46. The summed E-state index contributed by atoms with van der Waals surface area (Å²) in [5, 5.41) is 0. The molecule has 3 heteroatoms. The Kier molecular flexibility index (Phi) is 2.86. The van der Waals surface area contributed by atoms with Crippen molar-refractivity contribution >= 4 is 0 Å². The minimum atomic E-state index is -0.104. The van der Waals surface area contributed by atoms with E-state index < -0.39 is 0 Å². The summed E-state index contributed by atoms with van der Waals surface area (Å²) in [6.07, 6.45) is 2.31. The van der Waals surface area contributed by atoms with Gasteiger partial charge in [0.1, 0.15) is 0 Å². The van der Waals surface area contributed by atoms with Gasteiger partial charge in [0, 0.05) is 12.5 Å². The Labute approximate surface area is 60.8 Å². The number of hydrogen-bond donors (Lipinski definition) is 1. The fourth-order valence-electron chi connectivity index (χ4n) is 0.862. The molecule has 2 N–H and O–H groups in total. The molecule has 0 aliphatic carbocycles. The maximum absolute atomic E-state index is 5.57. The molecule has 0 saturated carbocycles. The molecule has 0 aromatic heterocycles. The molecule has 10 heavy (non-hydrogen) atoms. The van der Waals surface area contributed by atoms with Crippen LogP contribution >= 0.6 is 0 Å². The zero-order valence-corrected chi connectivity index (χ0v) is 5.95. The van der Waals surface area contributed by atoms with Gasteiger partial charge < -0.3 is 15.2 Å². The van der Waals surface area contributed by atoms with Gasteiger partial charge in [-0.2, -0.15) is 0 Å². The van der Waals surface area contributed by atoms with Gasteiger partial charge in [-0.3, -0.25) is 0 Å². The first-order valence-electron chi connectivity index (χ1n) is 3.44. The van der Waals surface area contributed by atoms with Gasteiger partial charge in [-0.15, -0.1) is 6.58 Å². The molecule has 0 amide bonds. The lowest BCUT2D eigenvalue weighted by molar-refractivity contribution is -0.0481. The third-order valence-corrected chi connectivity index (χ3v) is 1.46. The molecular weight excluding hydrogens is 130 g/mol. The molecule has 1 aliphatic rings. The lowest BCUT2D eigenvalue weighted by Gasteiger charge is -2.11. The Hall–Kier alpha value is -0.380. The predicted molar refractivity (Wildman–Crippen MR) is 38.5 cm³/mol. The Balaban J connectivity index is 2.17. The summed E-state index contributed by atoms with van der Waals surface area (Å²) in [5.74, 6) is 0. The van der Waals surface area contributed by atoms with E-state index in [1.54, 1.807) is 6.08 Å². The fraction of sp³-hybridized carbons (Fsp3) is 0.714. The summed E-state index contributed by atoms with van der Waals surface area (Å²) < 4.78 is 10.4. The smallest absolute Gasteiger partial charge is 0.159 e. The molecule has 1 heterocycles. The lowest BCUT2D eigenvalue weighted by Crippen LogP contribution is -2.24. The molecule has 1 atom stereocenters. The summed E-state index contributed by atoms with van der Waals surface area (Å²) in [4.78, 5) is 0. The van der Waals surface area contributed by atoms with Crippen LogP contribution in [-0.2, 0) is 9.47 Å². The van der Waals surface area contributed by atoms with Gasteiger partial charge >= 0.3 is 0 Å². The van der Waals surface area contributed by atoms with Crippen molar-refractivity contribution in [3.05, 3.63) is 12.7 Å². The first-order chi connectivity index (χ1) is 4.83. The first kappa shape index (κ1) is 7.72. The lowest BCUT2D eigenvalue weighted by atomic mass is 10.2. The van der Waals surface area contributed by atoms with E-state index in [0.717, 1.165) is 0 Å². The van der Waals surface area contributed by atoms with E-state index in [2.05, 4.69) is 6.58 Å². The van der Waals surface area contributed by atoms with E-state index in [1.807, 2.05) is 0 Å². The van der Waals surface area contributed by atoms with Gasteiger partial charge in [-0.1, -0.05) is 6.08 Å². The highest BCUT2D eigenvalue weighted by molar-refractivity contribution is 4.83. The van der Waals surface area contributed by atoms with Crippen molar-refractivity contribution in [2.75, 3.05) is 13.2 Å². The number of rotatable bonds is 3. The highest BCUT2D eigenvalue weighted by Crippen LogP contribution is 2.09. The maximum Gasteiger partial charge on any atom is 0.159 e. The quantitative estimate of drug-likeness (QED) is 0.576. The molecular formula is C7H13NO2. The molecule has 1 aliphatic heterocycles. The second-order valence-corrected chi connectivity index (χ2v) is 2.31. The van der Waals surface area contributed by atoms with E-state index in [0.29, 0.717) is 19.6 Å². The average Bonchev–Trinajstić information content (AvgIpc) is 2.40. The molecule has 1 rings (SSSR count). The summed E-state index contributed by atoms with van der Waals surface area (Å²) in [6.45, 7) is 4.94. The summed E-state index contributed by atoms with van der Waals surface area (Å²) in [6, 6.07) is -0.0110. The van der Waals surface area contributed by atoms with Crippen molar-refractivity contribution < 1.29 is 9.47 Å². The van der Waals surface area contributed by atoms with Crippen LogP contribution < -0.4 is 5.73 Å². The van der Waals surface area contributed by atoms with Crippen molar-refractivity contribution in [3.63, 3.8) is 0 Å². The molecule has 1 saturated heterocycles. The normalized spacial score (nSPS) is 22.9. The summed E-state index contributed by atoms with van der Waals surface area (Å²) >= 11 is 0. The van der Waals surface area contributed by atoms with E-state index >= 15 is 0 Å². The van der Waals surface area contributed by atoms with Crippen LogP contribution in [0.25, 0.3) is 0 Å². The van der Waals surface area contributed by atoms with E-state index in [9.17, 15) is 0 Å². The van der Waals surface area contributed by atoms with Crippen molar-refractivity contribution in [3.8, 4) is 0 Å². The standard InChI is InChI=1S/C7H13NO2/c1-2-6(8)5-7-9-3-4-10-7/h2,6-7H,1,3-5,8H2. The third kappa shape index (κ3) is 2.10. The Morgan fingerprint density at radius 3 is 2.70 bits per heavy atom. The van der Waals surface area contributed by atoms with Crippen LogP contribution in [0, 0.1) is 0 Å². The second kappa shape index (κ2) is 3.71. The molecule has 3 nitrogen and oxygen atoms in total. The van der Waals surface area contributed by atoms with E-state index in [4.69, 9.17) is 15.2 Å². The highest BCUT2D eigenvalue weighted by atomic mass is 16.7. The van der Waals surface area contributed by atoms with Gasteiger partial charge in [0.15, 0.2) is 6.29 Å². The van der Waals surface area contributed by atoms with Crippen LogP contribution in [0.15, 0.2) is 12.7 Å². The van der Waals surface area contributed by atoms with E-state index in [1.165, 1.54) is 0 Å². The van der Waals surface area contributed by atoms with Gasteiger partial charge in [0.2, 0.25) is 0 Å². The number of nitrogens with two attached hydrogens (primary N) is 1. The molecule has 1 fully saturated rings. The second-order valence-electron chi connectivity index (χ2n) is 2.31. The number of ether oxygens (including phenoxy) is 2. The topological polar surface area (TPSA) is 44.5 Å². The fourth-order valence-corrected chi connectivity index (χ4v) is 0.862. The van der Waals surface area contributed by atoms with E-state index in [-0.39, 0.29) is 12.3 Å². The van der Waals surface area contributed by atoms with Gasteiger partial charge in [-0.05, 0) is 0 Å². The van der Waals surface area contributed by atoms with Crippen LogP contribution in [0.3, 0.4) is 0 Å². The highest BCUT2D eigenvalue weighted by Gasteiger charge is 2.17. The zero-order valence-electron chi connectivity index (χ0n) is 5.95. The van der Waals surface area contributed by atoms with Crippen molar-refractivity contribution in [2.45, 2.75) is 18.8 Å².